The molecule has 98 valence electrons. The van der Waals surface area contributed by atoms with Gasteiger partial charge in [0.25, 0.3) is 5.22 Å². The van der Waals surface area contributed by atoms with E-state index < -0.39 is 0 Å². The van der Waals surface area contributed by atoms with Crippen molar-refractivity contribution < 1.29 is 9.62 Å². The highest BCUT2D eigenvalue weighted by Crippen LogP contribution is 2.31. The Morgan fingerprint density at radius 1 is 1.47 bits per heavy atom. The van der Waals surface area contributed by atoms with Crippen molar-refractivity contribution in [2.45, 2.75) is 29.5 Å². The molecule has 1 aliphatic carbocycles. The minimum atomic E-state index is 0.0521. The lowest BCUT2D eigenvalue weighted by Crippen LogP contribution is -2.16. The van der Waals surface area contributed by atoms with Gasteiger partial charge in [-0.15, -0.1) is 0 Å². The molecule has 2 aromatic rings. The van der Waals surface area contributed by atoms with Crippen molar-refractivity contribution in [3.63, 3.8) is 0 Å². The van der Waals surface area contributed by atoms with Gasteiger partial charge in [0.05, 0.1) is 11.8 Å². The molecule has 3 N–H and O–H groups in total. The molecule has 0 aromatic carbocycles. The minimum absolute atomic E-state index is 0.0521. The number of nitrogens with two attached hydrogens (primary N) is 1. The smallest absolute Gasteiger partial charge is 0.261 e. The van der Waals surface area contributed by atoms with Gasteiger partial charge in [0.1, 0.15) is 11.3 Å². The first-order valence-electron chi connectivity index (χ1n) is 5.86. The average Bonchev–Trinajstić information content (AvgIpc) is 3.07. The third-order valence-corrected chi connectivity index (χ3v) is 3.87. The lowest BCUT2D eigenvalue weighted by atomic mass is 10.1. The van der Waals surface area contributed by atoms with Gasteiger partial charge < -0.3 is 15.4 Å². The van der Waals surface area contributed by atoms with Gasteiger partial charge in [-0.05, 0) is 42.7 Å². The number of hydrogen-bond acceptors (Lipinski definition) is 6. The summed E-state index contributed by atoms with van der Waals surface area (Å²) in [7, 11) is 0. The number of oxazole rings is 1. The van der Waals surface area contributed by atoms with E-state index in [1.165, 1.54) is 23.6 Å². The van der Waals surface area contributed by atoms with Crippen LogP contribution in [-0.2, 0) is 12.8 Å². The van der Waals surface area contributed by atoms with Crippen LogP contribution in [0.3, 0.4) is 0 Å². The van der Waals surface area contributed by atoms with Crippen LogP contribution in [-0.4, -0.2) is 21.0 Å². The van der Waals surface area contributed by atoms with Crippen LogP contribution < -0.4 is 5.73 Å². The number of fused-ring (bicyclic) bond motifs is 1. The first kappa shape index (κ1) is 12.0. The lowest BCUT2D eigenvalue weighted by Gasteiger charge is -2.08. The molecule has 0 saturated carbocycles. The van der Waals surface area contributed by atoms with Gasteiger partial charge in [-0.25, -0.2) is 9.97 Å². The third-order valence-electron chi connectivity index (χ3n) is 2.99. The van der Waals surface area contributed by atoms with Gasteiger partial charge in [-0.3, -0.25) is 0 Å². The summed E-state index contributed by atoms with van der Waals surface area (Å²) in [6.07, 6.45) is 6.10. The highest BCUT2D eigenvalue weighted by molar-refractivity contribution is 7.99. The summed E-state index contributed by atoms with van der Waals surface area (Å²) >= 11 is 1.27. The Morgan fingerprint density at radius 3 is 3.11 bits per heavy atom. The fourth-order valence-electron chi connectivity index (χ4n) is 2.11. The topological polar surface area (TPSA) is 97.5 Å². The van der Waals surface area contributed by atoms with E-state index in [2.05, 4.69) is 15.1 Å². The summed E-state index contributed by atoms with van der Waals surface area (Å²) < 4.78 is 5.19. The van der Waals surface area contributed by atoms with Crippen molar-refractivity contribution in [2.75, 3.05) is 0 Å². The van der Waals surface area contributed by atoms with Crippen LogP contribution in [0, 0.1) is 0 Å². The highest BCUT2D eigenvalue weighted by atomic mass is 32.2. The standard InChI is InChI=1S/C12H12N4O2S/c13-10(16-17)8-6-7-2-1-3-9(7)15-11(8)19-12-14-4-5-18-12/h4-6,17H,1-3H2,(H2,13,16). The van der Waals surface area contributed by atoms with Crippen LogP contribution in [0.25, 0.3) is 0 Å². The maximum Gasteiger partial charge on any atom is 0.261 e. The van der Waals surface area contributed by atoms with Crippen molar-refractivity contribution >= 4 is 17.6 Å². The molecular formula is C12H12N4O2S. The zero-order valence-electron chi connectivity index (χ0n) is 10.0. The van der Waals surface area contributed by atoms with Crippen LogP contribution >= 0.6 is 11.8 Å². The Hall–Kier alpha value is -2.02. The van der Waals surface area contributed by atoms with Gasteiger partial charge in [0.15, 0.2) is 5.84 Å². The second-order valence-corrected chi connectivity index (χ2v) is 5.13. The highest BCUT2D eigenvalue weighted by Gasteiger charge is 2.20. The number of aryl methyl sites for hydroxylation is 2. The summed E-state index contributed by atoms with van der Waals surface area (Å²) in [6, 6.07) is 1.94. The Kier molecular flexibility index (Phi) is 3.12. The zero-order chi connectivity index (χ0) is 13.2. The predicted octanol–water partition coefficient (Wildman–Crippen LogP) is 1.80. The van der Waals surface area contributed by atoms with Crippen molar-refractivity contribution in [1.82, 2.24) is 9.97 Å². The molecule has 0 radical (unpaired) electrons. The lowest BCUT2D eigenvalue weighted by molar-refractivity contribution is 0.318. The molecule has 0 saturated heterocycles. The number of pyridine rings is 1. The van der Waals surface area contributed by atoms with Crippen LogP contribution in [0.5, 0.6) is 0 Å². The van der Waals surface area contributed by atoms with Crippen molar-refractivity contribution in [3.8, 4) is 0 Å². The molecule has 0 spiro atoms. The van der Waals surface area contributed by atoms with E-state index in [1.807, 2.05) is 6.07 Å². The second-order valence-electron chi connectivity index (χ2n) is 4.19. The molecule has 6 nitrogen and oxygen atoms in total. The molecule has 7 heteroatoms. The van der Waals surface area contributed by atoms with E-state index in [0.29, 0.717) is 15.8 Å². The van der Waals surface area contributed by atoms with Crippen molar-refractivity contribution in [2.24, 2.45) is 10.9 Å². The zero-order valence-corrected chi connectivity index (χ0v) is 10.9. The van der Waals surface area contributed by atoms with E-state index in [0.717, 1.165) is 25.0 Å². The first-order chi connectivity index (χ1) is 9.28. The molecule has 0 unspecified atom stereocenters. The Morgan fingerprint density at radius 2 is 2.37 bits per heavy atom. The molecule has 0 fully saturated rings. The van der Waals surface area contributed by atoms with Crippen molar-refractivity contribution in [1.29, 1.82) is 0 Å². The van der Waals surface area contributed by atoms with Crippen LogP contribution in [0.1, 0.15) is 23.2 Å². The number of rotatable bonds is 3. The fraction of sp³-hybridized carbons (Fsp3) is 0.250. The monoisotopic (exact) mass is 276 g/mol. The minimum Gasteiger partial charge on any atom is -0.440 e. The van der Waals surface area contributed by atoms with Gasteiger partial charge in [0.2, 0.25) is 0 Å². The summed E-state index contributed by atoms with van der Waals surface area (Å²) in [4.78, 5) is 8.63. The maximum absolute atomic E-state index is 8.87. The maximum atomic E-state index is 8.87. The van der Waals surface area contributed by atoms with Gasteiger partial charge in [-0.1, -0.05) is 5.16 Å². The molecule has 1 aliphatic rings. The molecule has 2 aromatic heterocycles. The van der Waals surface area contributed by atoms with Crippen LogP contribution in [0.2, 0.25) is 0 Å². The second kappa shape index (κ2) is 4.93. The molecule has 0 bridgehead atoms. The summed E-state index contributed by atoms with van der Waals surface area (Å²) in [5, 5.41) is 13.1. The van der Waals surface area contributed by atoms with Gasteiger partial charge >= 0.3 is 0 Å². The molecule has 3 rings (SSSR count). The predicted molar refractivity (Wildman–Crippen MR) is 69.4 cm³/mol. The quantitative estimate of drug-likeness (QED) is 0.384. The molecular weight excluding hydrogens is 264 g/mol. The molecule has 0 aliphatic heterocycles. The van der Waals surface area contributed by atoms with Gasteiger partial charge in [-0.2, -0.15) is 0 Å². The molecule has 2 heterocycles. The molecule has 19 heavy (non-hydrogen) atoms. The Balaban J connectivity index is 2.05. The molecule has 0 atom stereocenters. The Labute approximate surface area is 113 Å². The summed E-state index contributed by atoms with van der Waals surface area (Å²) in [5.41, 5.74) is 8.57. The Bertz CT molecular complexity index is 625. The number of oxime groups is 1. The molecule has 0 amide bonds. The van der Waals surface area contributed by atoms with Crippen LogP contribution in [0.15, 0.2) is 38.3 Å². The number of aromatic nitrogens is 2. The van der Waals surface area contributed by atoms with E-state index >= 15 is 0 Å². The number of hydrogen-bond donors (Lipinski definition) is 2. The summed E-state index contributed by atoms with van der Waals surface area (Å²) in [6.45, 7) is 0. The summed E-state index contributed by atoms with van der Waals surface area (Å²) in [5.74, 6) is 0.0521. The van der Waals surface area contributed by atoms with E-state index in [4.69, 9.17) is 15.4 Å². The van der Waals surface area contributed by atoms with Gasteiger partial charge in [0, 0.05) is 5.69 Å². The van der Waals surface area contributed by atoms with E-state index in [-0.39, 0.29) is 5.84 Å². The fourth-order valence-corrected chi connectivity index (χ4v) is 2.92. The van der Waals surface area contributed by atoms with E-state index in [9.17, 15) is 0 Å². The first-order valence-corrected chi connectivity index (χ1v) is 6.67. The van der Waals surface area contributed by atoms with Crippen molar-refractivity contribution in [3.05, 3.63) is 35.3 Å². The van der Waals surface area contributed by atoms with Crippen LogP contribution in [0.4, 0.5) is 0 Å². The number of amidine groups is 1. The van der Waals surface area contributed by atoms with E-state index in [1.54, 1.807) is 6.20 Å². The average molecular weight is 276 g/mol. The SMILES string of the molecule is N/C(=N/O)c1cc2c(nc1Sc1ncco1)CCC2. The number of nitrogens with zero attached hydrogens (tertiary/aromatic N) is 3. The largest absolute Gasteiger partial charge is 0.440 e. The third kappa shape index (κ3) is 2.28. The normalized spacial score (nSPS) is 14.6.